The van der Waals surface area contributed by atoms with E-state index in [2.05, 4.69) is 15.5 Å². The Morgan fingerprint density at radius 2 is 1.68 bits per heavy atom. The van der Waals surface area contributed by atoms with E-state index in [9.17, 15) is 13.2 Å². The third-order valence-corrected chi connectivity index (χ3v) is 2.53. The molecular weight excluding hydrogens is 255 g/mol. The molecule has 0 aliphatic rings. The summed E-state index contributed by atoms with van der Waals surface area (Å²) in [5.74, 6) is 0.637. The number of anilines is 1. The van der Waals surface area contributed by atoms with E-state index in [-0.39, 0.29) is 0 Å². The minimum absolute atomic E-state index is 0.537. The van der Waals surface area contributed by atoms with Crippen LogP contribution < -0.4 is 5.32 Å². The van der Waals surface area contributed by atoms with Gasteiger partial charge in [-0.05, 0) is 31.2 Å². The zero-order chi connectivity index (χ0) is 13.9. The smallest absolute Gasteiger partial charge is 0.369 e. The van der Waals surface area contributed by atoms with Crippen LogP contribution in [0, 0.1) is 0 Å². The van der Waals surface area contributed by atoms with Gasteiger partial charge in [-0.2, -0.15) is 13.2 Å². The highest BCUT2D eigenvalue weighted by Crippen LogP contribution is 2.30. The molecule has 0 fully saturated rings. The van der Waals surface area contributed by atoms with Crippen LogP contribution in [0.15, 0.2) is 36.4 Å². The van der Waals surface area contributed by atoms with E-state index < -0.39 is 11.7 Å². The predicted octanol–water partition coefficient (Wildman–Crippen LogP) is 3.59. The molecule has 0 amide bonds. The lowest BCUT2D eigenvalue weighted by atomic mass is 10.1. The van der Waals surface area contributed by atoms with Gasteiger partial charge in [-0.15, -0.1) is 10.2 Å². The standard InChI is InChI=1S/C13H12F3N3/c1-2-17-12-8-7-11(18-19-12)9-3-5-10(6-4-9)13(14,15)16/h3-8H,2H2,1H3,(H,17,19). The number of halogens is 3. The van der Waals surface area contributed by atoms with Crippen molar-refractivity contribution >= 4 is 5.82 Å². The van der Waals surface area contributed by atoms with Crippen LogP contribution in [0.2, 0.25) is 0 Å². The van der Waals surface area contributed by atoms with Crippen LogP contribution in [0.5, 0.6) is 0 Å². The highest BCUT2D eigenvalue weighted by atomic mass is 19.4. The Balaban J connectivity index is 2.22. The highest BCUT2D eigenvalue weighted by Gasteiger charge is 2.29. The Hall–Kier alpha value is -2.11. The number of nitrogens with zero attached hydrogens (tertiary/aromatic N) is 2. The van der Waals surface area contributed by atoms with E-state index in [0.717, 1.165) is 18.7 Å². The summed E-state index contributed by atoms with van der Waals surface area (Å²) in [6.45, 7) is 2.67. The number of hydrogen-bond acceptors (Lipinski definition) is 3. The van der Waals surface area contributed by atoms with Gasteiger partial charge in [-0.3, -0.25) is 0 Å². The third kappa shape index (κ3) is 3.21. The Morgan fingerprint density at radius 1 is 1.00 bits per heavy atom. The maximum atomic E-state index is 12.4. The van der Waals surface area contributed by atoms with Gasteiger partial charge >= 0.3 is 6.18 Å². The Kier molecular flexibility index (Phi) is 3.69. The molecule has 1 heterocycles. The van der Waals surface area contributed by atoms with Crippen LogP contribution >= 0.6 is 0 Å². The molecule has 2 aromatic rings. The van der Waals surface area contributed by atoms with Crippen LogP contribution in [-0.4, -0.2) is 16.7 Å². The zero-order valence-electron chi connectivity index (χ0n) is 10.2. The number of rotatable bonds is 3. The fourth-order valence-corrected chi connectivity index (χ4v) is 1.59. The van der Waals surface area contributed by atoms with Crippen molar-refractivity contribution < 1.29 is 13.2 Å². The first-order valence-electron chi connectivity index (χ1n) is 5.76. The number of benzene rings is 1. The first-order valence-corrected chi connectivity index (χ1v) is 5.76. The summed E-state index contributed by atoms with van der Waals surface area (Å²) in [4.78, 5) is 0. The summed E-state index contributed by atoms with van der Waals surface area (Å²) in [5, 5.41) is 10.9. The predicted molar refractivity (Wildman–Crippen MR) is 66.6 cm³/mol. The lowest BCUT2D eigenvalue weighted by Gasteiger charge is -2.07. The maximum Gasteiger partial charge on any atom is 0.416 e. The molecular formula is C13H12F3N3. The monoisotopic (exact) mass is 267 g/mol. The largest absolute Gasteiger partial charge is 0.416 e. The van der Waals surface area contributed by atoms with Gasteiger partial charge in [0.1, 0.15) is 5.82 Å². The van der Waals surface area contributed by atoms with Crippen LogP contribution in [-0.2, 0) is 6.18 Å². The van der Waals surface area contributed by atoms with E-state index in [1.165, 1.54) is 12.1 Å². The topological polar surface area (TPSA) is 37.8 Å². The third-order valence-electron chi connectivity index (χ3n) is 2.53. The lowest BCUT2D eigenvalue weighted by molar-refractivity contribution is -0.137. The number of aromatic nitrogens is 2. The minimum Gasteiger partial charge on any atom is -0.369 e. The lowest BCUT2D eigenvalue weighted by Crippen LogP contribution is -2.04. The molecule has 3 nitrogen and oxygen atoms in total. The van der Waals surface area contributed by atoms with Gasteiger partial charge in [0.15, 0.2) is 0 Å². The summed E-state index contributed by atoms with van der Waals surface area (Å²) in [6.07, 6.45) is -4.32. The summed E-state index contributed by atoms with van der Waals surface area (Å²) in [7, 11) is 0. The molecule has 0 aliphatic carbocycles. The quantitative estimate of drug-likeness (QED) is 0.923. The van der Waals surface area contributed by atoms with Crippen LogP contribution in [0.3, 0.4) is 0 Å². The summed E-state index contributed by atoms with van der Waals surface area (Å²) in [5.41, 5.74) is 0.465. The van der Waals surface area contributed by atoms with Gasteiger partial charge in [0.05, 0.1) is 11.3 Å². The summed E-state index contributed by atoms with van der Waals surface area (Å²) < 4.78 is 37.3. The van der Waals surface area contributed by atoms with Crippen molar-refractivity contribution in [3.05, 3.63) is 42.0 Å². The molecule has 0 saturated heterocycles. The van der Waals surface area contributed by atoms with Crippen molar-refractivity contribution in [3.8, 4) is 11.3 Å². The fraction of sp³-hybridized carbons (Fsp3) is 0.231. The van der Waals surface area contributed by atoms with Crippen molar-refractivity contribution in [3.63, 3.8) is 0 Å². The van der Waals surface area contributed by atoms with Gasteiger partial charge in [0, 0.05) is 12.1 Å². The van der Waals surface area contributed by atoms with Gasteiger partial charge in [0.2, 0.25) is 0 Å². The molecule has 0 aliphatic heterocycles. The van der Waals surface area contributed by atoms with Crippen molar-refractivity contribution in [2.45, 2.75) is 13.1 Å². The molecule has 0 radical (unpaired) electrons. The SMILES string of the molecule is CCNc1ccc(-c2ccc(C(F)(F)F)cc2)nn1. The summed E-state index contributed by atoms with van der Waals surface area (Å²) >= 11 is 0. The molecule has 0 atom stereocenters. The number of alkyl halides is 3. The normalized spacial score (nSPS) is 11.4. The van der Waals surface area contributed by atoms with Crippen molar-refractivity contribution in [2.75, 3.05) is 11.9 Å². The summed E-state index contributed by atoms with van der Waals surface area (Å²) in [6, 6.07) is 8.31. The van der Waals surface area contributed by atoms with E-state index in [1.54, 1.807) is 12.1 Å². The molecule has 0 saturated carbocycles. The van der Waals surface area contributed by atoms with Crippen LogP contribution in [0.4, 0.5) is 19.0 Å². The molecule has 0 spiro atoms. The molecule has 2 rings (SSSR count). The molecule has 1 N–H and O–H groups in total. The van der Waals surface area contributed by atoms with E-state index in [4.69, 9.17) is 0 Å². The van der Waals surface area contributed by atoms with Gasteiger partial charge in [0.25, 0.3) is 0 Å². The number of nitrogens with one attached hydrogen (secondary N) is 1. The average molecular weight is 267 g/mol. The van der Waals surface area contributed by atoms with E-state index >= 15 is 0 Å². The Labute approximate surface area is 108 Å². The second-order valence-electron chi connectivity index (χ2n) is 3.91. The second-order valence-corrected chi connectivity index (χ2v) is 3.91. The average Bonchev–Trinajstić information content (AvgIpc) is 2.39. The molecule has 100 valence electrons. The molecule has 0 unspecified atom stereocenters. The van der Waals surface area contributed by atoms with Crippen molar-refractivity contribution in [2.24, 2.45) is 0 Å². The Bertz CT molecular complexity index is 533. The molecule has 19 heavy (non-hydrogen) atoms. The van der Waals surface area contributed by atoms with Crippen molar-refractivity contribution in [1.82, 2.24) is 10.2 Å². The molecule has 1 aromatic heterocycles. The number of hydrogen-bond donors (Lipinski definition) is 1. The van der Waals surface area contributed by atoms with Crippen LogP contribution in [0.1, 0.15) is 12.5 Å². The molecule has 6 heteroatoms. The van der Waals surface area contributed by atoms with Gasteiger partial charge in [-0.1, -0.05) is 12.1 Å². The van der Waals surface area contributed by atoms with E-state index in [0.29, 0.717) is 17.1 Å². The second kappa shape index (κ2) is 5.26. The first-order chi connectivity index (χ1) is 9.00. The zero-order valence-corrected chi connectivity index (χ0v) is 10.2. The Morgan fingerprint density at radius 3 is 2.16 bits per heavy atom. The van der Waals surface area contributed by atoms with E-state index in [1.807, 2.05) is 6.92 Å². The van der Waals surface area contributed by atoms with Gasteiger partial charge < -0.3 is 5.32 Å². The molecule has 0 bridgehead atoms. The highest BCUT2D eigenvalue weighted by molar-refractivity contribution is 5.60. The van der Waals surface area contributed by atoms with Gasteiger partial charge in [-0.25, -0.2) is 0 Å². The maximum absolute atomic E-state index is 12.4. The van der Waals surface area contributed by atoms with Crippen LogP contribution in [0.25, 0.3) is 11.3 Å². The minimum atomic E-state index is -4.32. The molecule has 1 aromatic carbocycles. The first kappa shape index (κ1) is 13.3. The fourth-order valence-electron chi connectivity index (χ4n) is 1.59. The van der Waals surface area contributed by atoms with Crippen molar-refractivity contribution in [1.29, 1.82) is 0 Å².